The molecule has 2 rings (SSSR count). The monoisotopic (exact) mass is 244 g/mol. The van der Waals surface area contributed by atoms with Gasteiger partial charge in [-0.15, -0.1) is 0 Å². The molecule has 2 aromatic rings. The highest BCUT2D eigenvalue weighted by atomic mass is 28.3. The van der Waals surface area contributed by atoms with Gasteiger partial charge in [0.2, 0.25) is 0 Å². The third-order valence-electron chi connectivity index (χ3n) is 3.63. The molecule has 0 unspecified atom stereocenters. The second-order valence-corrected chi connectivity index (χ2v) is 9.49. The van der Waals surface area contributed by atoms with Crippen LogP contribution in [0.4, 0.5) is 0 Å². The van der Waals surface area contributed by atoms with Gasteiger partial charge in [0.1, 0.15) is 8.07 Å². The van der Waals surface area contributed by atoms with Crippen LogP contribution in [0, 0.1) is 13.8 Å². The van der Waals surface area contributed by atoms with Crippen LogP contribution in [-0.4, -0.2) is 17.9 Å². The van der Waals surface area contributed by atoms with Crippen molar-refractivity contribution in [3.05, 3.63) is 41.7 Å². The summed E-state index contributed by atoms with van der Waals surface area (Å²) in [5, 5.41) is 7.50. The molecule has 0 amide bonds. The Balaban J connectivity index is 2.59. The number of benzene rings is 1. The first-order valence-corrected chi connectivity index (χ1v) is 9.01. The Labute approximate surface area is 104 Å². The number of hydrogen-bond acceptors (Lipinski definition) is 1. The Bertz CT molecular complexity index is 527. The maximum absolute atomic E-state index is 4.55. The molecule has 0 aliphatic heterocycles. The number of hydrogen-bond donors (Lipinski definition) is 0. The van der Waals surface area contributed by atoms with Gasteiger partial charge in [0.25, 0.3) is 0 Å². The largest absolute Gasteiger partial charge is 0.273 e. The van der Waals surface area contributed by atoms with E-state index in [-0.39, 0.29) is 0 Å². The number of aryl methyl sites for hydroxylation is 2. The molecular formula is C14H20N2Si. The van der Waals surface area contributed by atoms with Crippen molar-refractivity contribution in [1.82, 2.24) is 9.78 Å². The molecule has 0 aliphatic carbocycles. The van der Waals surface area contributed by atoms with E-state index in [2.05, 4.69) is 62.4 Å². The average Bonchev–Trinajstić information content (AvgIpc) is 2.54. The number of nitrogens with zero attached hydrogens (tertiary/aromatic N) is 2. The zero-order valence-corrected chi connectivity index (χ0v) is 12.3. The first-order valence-electron chi connectivity index (χ1n) is 6.01. The minimum Gasteiger partial charge on any atom is -0.273 e. The molecular weight excluding hydrogens is 224 g/mol. The predicted octanol–water partition coefficient (Wildman–Crippen LogP) is 1.86. The first-order chi connectivity index (χ1) is 7.94. The molecule has 17 heavy (non-hydrogen) atoms. The van der Waals surface area contributed by atoms with E-state index in [0.717, 1.165) is 0 Å². The summed E-state index contributed by atoms with van der Waals surface area (Å²) in [4.78, 5) is 0. The number of rotatable bonds is 2. The zero-order valence-electron chi connectivity index (χ0n) is 11.3. The summed E-state index contributed by atoms with van der Waals surface area (Å²) in [6, 6.07) is 10.8. The normalized spacial score (nSPS) is 11.8. The fraction of sp³-hybridized carbons (Fsp3) is 0.357. The highest BCUT2D eigenvalue weighted by molar-refractivity contribution is 7.00. The lowest BCUT2D eigenvalue weighted by atomic mass is 10.4. The van der Waals surface area contributed by atoms with Crippen molar-refractivity contribution in [2.45, 2.75) is 26.9 Å². The molecule has 0 saturated carbocycles. The van der Waals surface area contributed by atoms with Crippen LogP contribution in [0.15, 0.2) is 30.3 Å². The zero-order chi connectivity index (χ0) is 12.6. The molecule has 3 heteroatoms. The van der Waals surface area contributed by atoms with Gasteiger partial charge in [0, 0.05) is 12.7 Å². The van der Waals surface area contributed by atoms with Crippen molar-refractivity contribution < 1.29 is 0 Å². The van der Waals surface area contributed by atoms with Crippen LogP contribution in [-0.2, 0) is 7.05 Å². The van der Waals surface area contributed by atoms with Gasteiger partial charge < -0.3 is 0 Å². The third kappa shape index (κ3) is 1.95. The Hall–Kier alpha value is -1.35. The topological polar surface area (TPSA) is 17.8 Å². The minimum absolute atomic E-state index is 1.19. The molecule has 0 saturated heterocycles. The smallest absolute Gasteiger partial charge is 0.117 e. The quantitative estimate of drug-likeness (QED) is 0.737. The fourth-order valence-corrected chi connectivity index (χ4v) is 6.01. The summed E-state index contributed by atoms with van der Waals surface area (Å²) >= 11 is 0. The Morgan fingerprint density at radius 2 is 1.65 bits per heavy atom. The van der Waals surface area contributed by atoms with E-state index in [1.54, 1.807) is 0 Å². The van der Waals surface area contributed by atoms with Crippen LogP contribution in [0.3, 0.4) is 0 Å². The van der Waals surface area contributed by atoms with E-state index in [1.807, 2.05) is 11.7 Å². The fourth-order valence-electron chi connectivity index (χ4n) is 2.68. The summed E-state index contributed by atoms with van der Waals surface area (Å²) in [5.41, 5.74) is 2.49. The predicted molar refractivity (Wildman–Crippen MR) is 75.9 cm³/mol. The summed E-state index contributed by atoms with van der Waals surface area (Å²) in [7, 11) is 0.422. The summed E-state index contributed by atoms with van der Waals surface area (Å²) in [6.45, 7) is 9.10. The molecule has 0 bridgehead atoms. The molecule has 0 fully saturated rings. The lowest BCUT2D eigenvalue weighted by Crippen LogP contribution is -2.54. The molecule has 1 heterocycles. The van der Waals surface area contributed by atoms with Gasteiger partial charge in [-0.2, -0.15) is 5.10 Å². The molecule has 0 spiro atoms. The molecule has 0 radical (unpaired) electrons. The molecule has 1 aromatic heterocycles. The second kappa shape index (κ2) is 4.15. The highest BCUT2D eigenvalue weighted by Crippen LogP contribution is 2.10. The Morgan fingerprint density at radius 3 is 2.12 bits per heavy atom. The second-order valence-electron chi connectivity index (χ2n) is 5.16. The molecule has 0 atom stereocenters. The van der Waals surface area contributed by atoms with E-state index in [0.29, 0.717) is 0 Å². The molecule has 1 aromatic carbocycles. The molecule has 0 aliphatic rings. The van der Waals surface area contributed by atoms with Gasteiger partial charge in [-0.25, -0.2) is 0 Å². The van der Waals surface area contributed by atoms with E-state index in [1.165, 1.54) is 21.8 Å². The van der Waals surface area contributed by atoms with Crippen LogP contribution in [0.1, 0.15) is 11.4 Å². The molecule has 0 N–H and O–H groups in total. The standard InChI is InChI=1S/C14H20N2Si/c1-11-14(12(2)16(3)15-11)17(4,5)13-9-7-6-8-10-13/h6-10H,1-5H3. The highest BCUT2D eigenvalue weighted by Gasteiger charge is 2.31. The van der Waals surface area contributed by atoms with Crippen molar-refractivity contribution in [2.75, 3.05) is 0 Å². The van der Waals surface area contributed by atoms with Gasteiger partial charge in [-0.1, -0.05) is 48.6 Å². The van der Waals surface area contributed by atoms with Gasteiger partial charge in [0.15, 0.2) is 0 Å². The van der Waals surface area contributed by atoms with Crippen LogP contribution in [0.25, 0.3) is 0 Å². The Morgan fingerprint density at radius 1 is 1.06 bits per heavy atom. The van der Waals surface area contributed by atoms with E-state index in [9.17, 15) is 0 Å². The van der Waals surface area contributed by atoms with Crippen molar-refractivity contribution in [3.8, 4) is 0 Å². The van der Waals surface area contributed by atoms with E-state index in [4.69, 9.17) is 0 Å². The van der Waals surface area contributed by atoms with Crippen molar-refractivity contribution >= 4 is 18.4 Å². The van der Waals surface area contributed by atoms with Gasteiger partial charge in [0.05, 0.1) is 5.69 Å². The van der Waals surface area contributed by atoms with Crippen LogP contribution >= 0.6 is 0 Å². The molecule has 90 valence electrons. The maximum Gasteiger partial charge on any atom is 0.117 e. The SMILES string of the molecule is Cc1nn(C)c(C)c1[Si](C)(C)c1ccccc1. The van der Waals surface area contributed by atoms with Crippen molar-refractivity contribution in [2.24, 2.45) is 7.05 Å². The maximum atomic E-state index is 4.55. The van der Waals surface area contributed by atoms with Crippen LogP contribution in [0.5, 0.6) is 0 Å². The van der Waals surface area contributed by atoms with E-state index >= 15 is 0 Å². The third-order valence-corrected chi connectivity index (χ3v) is 7.38. The van der Waals surface area contributed by atoms with Gasteiger partial charge in [-0.05, 0) is 19.0 Å². The molecule has 2 nitrogen and oxygen atoms in total. The summed E-state index contributed by atoms with van der Waals surface area (Å²) < 4.78 is 2.00. The van der Waals surface area contributed by atoms with E-state index < -0.39 is 8.07 Å². The van der Waals surface area contributed by atoms with Crippen LogP contribution < -0.4 is 10.4 Å². The van der Waals surface area contributed by atoms with Crippen LogP contribution in [0.2, 0.25) is 13.1 Å². The lowest BCUT2D eigenvalue weighted by Gasteiger charge is -2.24. The Kier molecular flexibility index (Phi) is 2.95. The summed E-state index contributed by atoms with van der Waals surface area (Å²) in [6.07, 6.45) is 0. The van der Waals surface area contributed by atoms with Crippen molar-refractivity contribution in [3.63, 3.8) is 0 Å². The minimum atomic E-state index is -1.61. The van der Waals surface area contributed by atoms with Gasteiger partial charge >= 0.3 is 0 Å². The van der Waals surface area contributed by atoms with Gasteiger partial charge in [-0.3, -0.25) is 4.68 Å². The van der Waals surface area contributed by atoms with Crippen molar-refractivity contribution in [1.29, 1.82) is 0 Å². The number of aromatic nitrogens is 2. The lowest BCUT2D eigenvalue weighted by molar-refractivity contribution is 0.731. The average molecular weight is 244 g/mol. The first kappa shape index (κ1) is 12.1. The summed E-state index contributed by atoms with van der Waals surface area (Å²) in [5.74, 6) is 0.